The average Bonchev–Trinajstić information content (AvgIpc) is 2.74. The van der Waals surface area contributed by atoms with Gasteiger partial charge in [0.05, 0.1) is 6.67 Å². The van der Waals surface area contributed by atoms with Gasteiger partial charge in [-0.2, -0.15) is 0 Å². The van der Waals surface area contributed by atoms with Crippen molar-refractivity contribution in [2.24, 2.45) is 0 Å². The Morgan fingerprint density at radius 3 is 2.88 bits per heavy atom. The highest BCUT2D eigenvalue weighted by Crippen LogP contribution is 2.02. The molecule has 4 heteroatoms. The van der Waals surface area contributed by atoms with Gasteiger partial charge in [0.2, 0.25) is 0 Å². The zero-order chi connectivity index (χ0) is 11.4. The summed E-state index contributed by atoms with van der Waals surface area (Å²) in [5, 5.41) is 7.46. The number of rotatable bonds is 2. The second kappa shape index (κ2) is 5.27. The normalized spacial score (nSPS) is 19.8. The molecule has 1 saturated heterocycles. The van der Waals surface area contributed by atoms with Crippen molar-refractivity contribution in [2.45, 2.75) is 19.5 Å². The molecule has 1 unspecified atom stereocenters. The first-order valence-corrected chi connectivity index (χ1v) is 5.96. The van der Waals surface area contributed by atoms with E-state index in [1.165, 1.54) is 5.56 Å². The SMILES string of the molecule is CC1CN(C(=S)NCc2ccccc2)CN1. The molecule has 0 saturated carbocycles. The van der Waals surface area contributed by atoms with Crippen LogP contribution in [0.15, 0.2) is 30.3 Å². The molecule has 2 rings (SSSR count). The van der Waals surface area contributed by atoms with Crippen LogP contribution in [0.3, 0.4) is 0 Å². The van der Waals surface area contributed by atoms with Gasteiger partial charge in [0.15, 0.2) is 5.11 Å². The Labute approximate surface area is 102 Å². The quantitative estimate of drug-likeness (QED) is 0.756. The van der Waals surface area contributed by atoms with E-state index in [0.29, 0.717) is 6.04 Å². The van der Waals surface area contributed by atoms with Crippen LogP contribution in [0.2, 0.25) is 0 Å². The van der Waals surface area contributed by atoms with Crippen LogP contribution in [0.4, 0.5) is 0 Å². The molecule has 0 aromatic heterocycles. The van der Waals surface area contributed by atoms with E-state index in [-0.39, 0.29) is 0 Å². The van der Waals surface area contributed by atoms with Crippen molar-refractivity contribution >= 4 is 17.3 Å². The highest BCUT2D eigenvalue weighted by atomic mass is 32.1. The third kappa shape index (κ3) is 2.93. The highest BCUT2D eigenvalue weighted by molar-refractivity contribution is 7.80. The van der Waals surface area contributed by atoms with Crippen LogP contribution in [0, 0.1) is 0 Å². The first-order valence-electron chi connectivity index (χ1n) is 5.56. The molecule has 1 aromatic carbocycles. The lowest BCUT2D eigenvalue weighted by molar-refractivity contribution is 0.495. The maximum absolute atomic E-state index is 5.34. The molecule has 1 aromatic rings. The van der Waals surface area contributed by atoms with Gasteiger partial charge in [-0.25, -0.2) is 0 Å². The molecular formula is C12H17N3S. The van der Waals surface area contributed by atoms with Gasteiger partial charge >= 0.3 is 0 Å². The van der Waals surface area contributed by atoms with Crippen molar-refractivity contribution in [3.8, 4) is 0 Å². The number of nitrogens with zero attached hydrogens (tertiary/aromatic N) is 1. The minimum absolute atomic E-state index is 0.525. The average molecular weight is 235 g/mol. The molecule has 0 amide bonds. The minimum Gasteiger partial charge on any atom is -0.358 e. The summed E-state index contributed by atoms with van der Waals surface area (Å²) in [4.78, 5) is 2.16. The van der Waals surface area contributed by atoms with Crippen molar-refractivity contribution in [2.75, 3.05) is 13.2 Å². The summed E-state index contributed by atoms with van der Waals surface area (Å²) in [6, 6.07) is 10.8. The summed E-state index contributed by atoms with van der Waals surface area (Å²) in [6.07, 6.45) is 0. The van der Waals surface area contributed by atoms with Gasteiger partial charge in [-0.1, -0.05) is 30.3 Å². The number of hydrogen-bond acceptors (Lipinski definition) is 2. The molecule has 0 aliphatic carbocycles. The standard InChI is InChI=1S/C12H17N3S/c1-10-8-15(9-14-10)12(16)13-7-11-5-3-2-4-6-11/h2-6,10,14H,7-9H2,1H3,(H,13,16). The maximum atomic E-state index is 5.34. The monoisotopic (exact) mass is 235 g/mol. The Bertz CT molecular complexity index is 353. The lowest BCUT2D eigenvalue weighted by Gasteiger charge is -2.19. The number of benzene rings is 1. The van der Waals surface area contributed by atoms with Crippen molar-refractivity contribution in [1.29, 1.82) is 0 Å². The summed E-state index contributed by atoms with van der Waals surface area (Å²) in [7, 11) is 0. The zero-order valence-corrected chi connectivity index (χ0v) is 10.3. The lowest BCUT2D eigenvalue weighted by atomic mass is 10.2. The van der Waals surface area contributed by atoms with Crippen LogP contribution in [-0.2, 0) is 6.54 Å². The van der Waals surface area contributed by atoms with Gasteiger partial charge in [0.1, 0.15) is 0 Å². The molecule has 16 heavy (non-hydrogen) atoms. The second-order valence-electron chi connectivity index (χ2n) is 4.13. The van der Waals surface area contributed by atoms with E-state index in [2.05, 4.69) is 34.6 Å². The second-order valence-corrected chi connectivity index (χ2v) is 4.52. The van der Waals surface area contributed by atoms with Crippen LogP contribution in [0.5, 0.6) is 0 Å². The molecular weight excluding hydrogens is 218 g/mol. The number of nitrogens with one attached hydrogen (secondary N) is 2. The van der Waals surface area contributed by atoms with E-state index in [4.69, 9.17) is 12.2 Å². The molecule has 1 aliphatic heterocycles. The van der Waals surface area contributed by atoms with Crippen molar-refractivity contribution in [3.05, 3.63) is 35.9 Å². The molecule has 0 bridgehead atoms. The van der Waals surface area contributed by atoms with Crippen molar-refractivity contribution in [1.82, 2.24) is 15.5 Å². The topological polar surface area (TPSA) is 27.3 Å². The Morgan fingerprint density at radius 1 is 1.50 bits per heavy atom. The molecule has 1 aliphatic rings. The molecule has 2 N–H and O–H groups in total. The first-order chi connectivity index (χ1) is 7.75. The third-order valence-electron chi connectivity index (χ3n) is 2.70. The Kier molecular flexibility index (Phi) is 3.74. The summed E-state index contributed by atoms with van der Waals surface area (Å²) >= 11 is 5.34. The summed E-state index contributed by atoms with van der Waals surface area (Å²) < 4.78 is 0. The third-order valence-corrected chi connectivity index (χ3v) is 3.10. The van der Waals surface area contributed by atoms with Crippen LogP contribution < -0.4 is 10.6 Å². The summed E-state index contributed by atoms with van der Waals surface area (Å²) in [6.45, 7) is 4.80. The molecule has 1 atom stereocenters. The summed E-state index contributed by atoms with van der Waals surface area (Å²) in [5.41, 5.74) is 1.25. The molecule has 3 nitrogen and oxygen atoms in total. The van der Waals surface area contributed by atoms with Crippen LogP contribution in [0.1, 0.15) is 12.5 Å². The van der Waals surface area contributed by atoms with Gasteiger partial charge in [0.25, 0.3) is 0 Å². The van der Waals surface area contributed by atoms with Gasteiger partial charge in [-0.15, -0.1) is 0 Å². The lowest BCUT2D eigenvalue weighted by Crippen LogP contribution is -2.38. The number of hydrogen-bond donors (Lipinski definition) is 2. The van der Waals surface area contributed by atoms with E-state index in [9.17, 15) is 0 Å². The molecule has 86 valence electrons. The highest BCUT2D eigenvalue weighted by Gasteiger charge is 2.19. The summed E-state index contributed by atoms with van der Waals surface area (Å²) in [5.74, 6) is 0. The molecule has 1 heterocycles. The van der Waals surface area contributed by atoms with Crippen molar-refractivity contribution < 1.29 is 0 Å². The van der Waals surface area contributed by atoms with E-state index in [0.717, 1.165) is 24.9 Å². The zero-order valence-electron chi connectivity index (χ0n) is 9.44. The van der Waals surface area contributed by atoms with Crippen LogP contribution in [0.25, 0.3) is 0 Å². The van der Waals surface area contributed by atoms with Crippen LogP contribution in [-0.4, -0.2) is 29.3 Å². The van der Waals surface area contributed by atoms with Gasteiger partial charge in [0, 0.05) is 19.1 Å². The number of thiocarbonyl (C=S) groups is 1. The molecule has 1 fully saturated rings. The Hall–Kier alpha value is -1.13. The largest absolute Gasteiger partial charge is 0.358 e. The van der Waals surface area contributed by atoms with Gasteiger partial charge in [-0.05, 0) is 24.7 Å². The van der Waals surface area contributed by atoms with E-state index in [1.807, 2.05) is 18.2 Å². The van der Waals surface area contributed by atoms with Gasteiger partial charge in [-0.3, -0.25) is 5.32 Å². The Balaban J connectivity index is 1.80. The molecule has 0 radical (unpaired) electrons. The predicted molar refractivity (Wildman–Crippen MR) is 70.1 cm³/mol. The first kappa shape index (κ1) is 11.4. The van der Waals surface area contributed by atoms with Gasteiger partial charge < -0.3 is 10.2 Å². The van der Waals surface area contributed by atoms with E-state index < -0.39 is 0 Å². The van der Waals surface area contributed by atoms with E-state index >= 15 is 0 Å². The fraction of sp³-hybridized carbons (Fsp3) is 0.417. The van der Waals surface area contributed by atoms with Crippen LogP contribution >= 0.6 is 12.2 Å². The minimum atomic E-state index is 0.525. The Morgan fingerprint density at radius 2 is 2.25 bits per heavy atom. The molecule has 0 spiro atoms. The fourth-order valence-corrected chi connectivity index (χ4v) is 1.98. The smallest absolute Gasteiger partial charge is 0.170 e. The predicted octanol–water partition coefficient (Wildman–Crippen LogP) is 1.31. The van der Waals surface area contributed by atoms with E-state index in [1.54, 1.807) is 0 Å². The maximum Gasteiger partial charge on any atom is 0.170 e. The fourth-order valence-electron chi connectivity index (χ4n) is 1.77. The van der Waals surface area contributed by atoms with Crippen molar-refractivity contribution in [3.63, 3.8) is 0 Å².